The predicted octanol–water partition coefficient (Wildman–Crippen LogP) is 2.17. The van der Waals surface area contributed by atoms with E-state index in [1.807, 2.05) is 32.0 Å². The number of aromatic nitrogens is 2. The molecule has 0 fully saturated rings. The molecule has 0 amide bonds. The van der Waals surface area contributed by atoms with Gasteiger partial charge in [0.05, 0.1) is 17.9 Å². The van der Waals surface area contributed by atoms with Crippen LogP contribution in [0.15, 0.2) is 35.3 Å². The van der Waals surface area contributed by atoms with Gasteiger partial charge in [0.1, 0.15) is 0 Å². The number of para-hydroxylation sites is 1. The molecule has 0 saturated heterocycles. The minimum Gasteiger partial charge on any atom is -0.370 e. The Kier molecular flexibility index (Phi) is 4.13. The van der Waals surface area contributed by atoms with E-state index < -0.39 is 0 Å². The summed E-state index contributed by atoms with van der Waals surface area (Å²) in [7, 11) is 0. The highest BCUT2D eigenvalue weighted by molar-refractivity contribution is 5.78. The third-order valence-electron chi connectivity index (χ3n) is 3.85. The van der Waals surface area contributed by atoms with E-state index in [1.165, 1.54) is 17.7 Å². The topological polar surface area (TPSA) is 68.2 Å². The van der Waals surface area contributed by atoms with Crippen molar-refractivity contribution in [3.05, 3.63) is 47.3 Å². The number of fused-ring (bicyclic) bond motifs is 1. The summed E-state index contributed by atoms with van der Waals surface area (Å²) in [5.41, 5.74) is 10.7. The van der Waals surface area contributed by atoms with Crippen LogP contribution in [0.3, 0.4) is 0 Å². The summed E-state index contributed by atoms with van der Waals surface area (Å²) < 4.78 is 2.07. The van der Waals surface area contributed by atoms with Crippen LogP contribution in [0.4, 0.5) is 0 Å². The molecule has 0 aliphatic heterocycles. The van der Waals surface area contributed by atoms with Crippen molar-refractivity contribution >= 4 is 5.96 Å². The molecule has 1 aromatic heterocycles. The molecule has 3 rings (SSSR count). The summed E-state index contributed by atoms with van der Waals surface area (Å²) >= 11 is 0. The Balaban J connectivity index is 1.87. The highest BCUT2D eigenvalue weighted by Gasteiger charge is 2.22. The van der Waals surface area contributed by atoms with Gasteiger partial charge >= 0.3 is 0 Å². The van der Waals surface area contributed by atoms with Gasteiger partial charge in [-0.2, -0.15) is 5.10 Å². The molecule has 5 heteroatoms. The van der Waals surface area contributed by atoms with Crippen molar-refractivity contribution in [2.75, 3.05) is 0 Å². The third kappa shape index (κ3) is 2.98. The molecule has 5 nitrogen and oxygen atoms in total. The Morgan fingerprint density at radius 2 is 2.09 bits per heavy atom. The number of nitrogens with zero attached hydrogens (tertiary/aromatic N) is 3. The van der Waals surface area contributed by atoms with Crippen molar-refractivity contribution in [2.24, 2.45) is 10.7 Å². The molecule has 1 aliphatic rings. The van der Waals surface area contributed by atoms with Crippen LogP contribution in [0.5, 0.6) is 0 Å². The quantitative estimate of drug-likeness (QED) is 0.671. The summed E-state index contributed by atoms with van der Waals surface area (Å²) in [6.45, 7) is 4.63. The predicted molar refractivity (Wildman–Crippen MR) is 89.2 cm³/mol. The Morgan fingerprint density at radius 3 is 2.82 bits per heavy atom. The minimum atomic E-state index is 0.288. The largest absolute Gasteiger partial charge is 0.370 e. The molecule has 2 aromatic rings. The number of hydrogen-bond donors (Lipinski definition) is 2. The van der Waals surface area contributed by atoms with Crippen LogP contribution in [0.2, 0.25) is 0 Å². The molecule has 116 valence electrons. The van der Waals surface area contributed by atoms with E-state index in [0.717, 1.165) is 24.2 Å². The Morgan fingerprint density at radius 1 is 1.32 bits per heavy atom. The van der Waals surface area contributed by atoms with E-state index >= 15 is 0 Å². The lowest BCUT2D eigenvalue weighted by molar-refractivity contribution is 0.719. The lowest BCUT2D eigenvalue weighted by atomic mass is 10.2. The average Bonchev–Trinajstić information content (AvgIpc) is 3.08. The monoisotopic (exact) mass is 297 g/mol. The zero-order valence-electron chi connectivity index (χ0n) is 13.2. The fraction of sp³-hybridized carbons (Fsp3) is 0.412. The first-order valence-corrected chi connectivity index (χ1v) is 7.86. The van der Waals surface area contributed by atoms with Crippen molar-refractivity contribution in [2.45, 2.75) is 45.7 Å². The summed E-state index contributed by atoms with van der Waals surface area (Å²) in [5, 5.41) is 7.89. The molecule has 0 bridgehead atoms. The standard InChI is InChI=1S/C17H23N5/c1-12(2)20-17(18)19-11-15-14-9-6-10-16(14)22(21-15)13-7-4-3-5-8-13/h3-5,7-8,12H,6,9-11H2,1-2H3,(H3,18,19,20). The fourth-order valence-electron chi connectivity index (χ4n) is 2.93. The summed E-state index contributed by atoms with van der Waals surface area (Å²) in [6, 6.07) is 10.6. The first-order chi connectivity index (χ1) is 10.6. The molecule has 22 heavy (non-hydrogen) atoms. The van der Waals surface area contributed by atoms with Crippen molar-refractivity contribution < 1.29 is 0 Å². The van der Waals surface area contributed by atoms with Crippen LogP contribution in [0.25, 0.3) is 5.69 Å². The fourth-order valence-corrected chi connectivity index (χ4v) is 2.93. The normalized spacial score (nSPS) is 14.4. The van der Waals surface area contributed by atoms with Gasteiger partial charge in [0.2, 0.25) is 0 Å². The highest BCUT2D eigenvalue weighted by Crippen LogP contribution is 2.28. The van der Waals surface area contributed by atoms with Crippen LogP contribution in [0.1, 0.15) is 37.2 Å². The maximum absolute atomic E-state index is 5.89. The number of nitrogens with one attached hydrogen (secondary N) is 1. The molecular weight excluding hydrogens is 274 g/mol. The SMILES string of the molecule is CC(C)NC(N)=NCc1nn(-c2ccccc2)c2c1CCC2. The van der Waals surface area contributed by atoms with Gasteiger partial charge in [-0.25, -0.2) is 9.67 Å². The maximum atomic E-state index is 5.89. The molecule has 0 unspecified atom stereocenters. The van der Waals surface area contributed by atoms with Gasteiger partial charge in [0.25, 0.3) is 0 Å². The molecule has 1 aromatic carbocycles. The molecule has 0 radical (unpaired) electrons. The summed E-state index contributed by atoms with van der Waals surface area (Å²) in [5.74, 6) is 0.482. The number of rotatable bonds is 4. The van der Waals surface area contributed by atoms with Crippen LogP contribution in [-0.2, 0) is 19.4 Å². The first kappa shape index (κ1) is 14.6. The van der Waals surface area contributed by atoms with Crippen LogP contribution < -0.4 is 11.1 Å². The molecular formula is C17H23N5. The zero-order valence-corrected chi connectivity index (χ0v) is 13.2. The third-order valence-corrected chi connectivity index (χ3v) is 3.85. The molecule has 0 atom stereocenters. The van der Waals surface area contributed by atoms with E-state index in [2.05, 4.69) is 27.1 Å². The van der Waals surface area contributed by atoms with Crippen molar-refractivity contribution in [3.63, 3.8) is 0 Å². The van der Waals surface area contributed by atoms with Crippen molar-refractivity contribution in [3.8, 4) is 5.69 Å². The first-order valence-electron chi connectivity index (χ1n) is 7.86. The van der Waals surface area contributed by atoms with Gasteiger partial charge in [-0.1, -0.05) is 18.2 Å². The van der Waals surface area contributed by atoms with E-state index in [9.17, 15) is 0 Å². The maximum Gasteiger partial charge on any atom is 0.189 e. The van der Waals surface area contributed by atoms with Crippen molar-refractivity contribution in [1.82, 2.24) is 15.1 Å². The Labute approximate surface area is 131 Å². The van der Waals surface area contributed by atoms with E-state index in [4.69, 9.17) is 10.8 Å². The van der Waals surface area contributed by atoms with Crippen molar-refractivity contribution in [1.29, 1.82) is 0 Å². The van der Waals surface area contributed by atoms with Gasteiger partial charge in [0, 0.05) is 11.7 Å². The Hall–Kier alpha value is -2.30. The molecule has 0 saturated carbocycles. The van der Waals surface area contributed by atoms with Crippen LogP contribution in [-0.4, -0.2) is 21.8 Å². The van der Waals surface area contributed by atoms with Gasteiger partial charge in [-0.05, 0) is 50.8 Å². The summed E-state index contributed by atoms with van der Waals surface area (Å²) in [6.07, 6.45) is 3.36. The van der Waals surface area contributed by atoms with E-state index in [-0.39, 0.29) is 6.04 Å². The molecule has 1 heterocycles. The minimum absolute atomic E-state index is 0.288. The van der Waals surface area contributed by atoms with Gasteiger partial charge in [0.15, 0.2) is 5.96 Å². The average molecular weight is 297 g/mol. The molecule has 1 aliphatic carbocycles. The van der Waals surface area contributed by atoms with E-state index in [1.54, 1.807) is 0 Å². The number of benzene rings is 1. The van der Waals surface area contributed by atoms with Crippen LogP contribution >= 0.6 is 0 Å². The number of aliphatic imine (C=N–C) groups is 1. The number of hydrogen-bond acceptors (Lipinski definition) is 2. The smallest absolute Gasteiger partial charge is 0.189 e. The zero-order chi connectivity index (χ0) is 15.5. The lowest BCUT2D eigenvalue weighted by Gasteiger charge is -2.08. The number of guanidine groups is 1. The van der Waals surface area contributed by atoms with Gasteiger partial charge in [-0.3, -0.25) is 0 Å². The van der Waals surface area contributed by atoms with E-state index in [0.29, 0.717) is 12.5 Å². The second-order valence-corrected chi connectivity index (χ2v) is 5.97. The van der Waals surface area contributed by atoms with Gasteiger partial charge in [-0.15, -0.1) is 0 Å². The molecule has 0 spiro atoms. The Bertz CT molecular complexity index is 670. The second kappa shape index (κ2) is 6.22. The highest BCUT2D eigenvalue weighted by atomic mass is 15.3. The summed E-state index contributed by atoms with van der Waals surface area (Å²) in [4.78, 5) is 4.43. The second-order valence-electron chi connectivity index (χ2n) is 5.97. The lowest BCUT2D eigenvalue weighted by Crippen LogP contribution is -2.36. The van der Waals surface area contributed by atoms with Crippen LogP contribution in [0, 0.1) is 0 Å². The molecule has 3 N–H and O–H groups in total. The number of nitrogens with two attached hydrogens (primary N) is 1. The van der Waals surface area contributed by atoms with Gasteiger partial charge < -0.3 is 11.1 Å².